The molecule has 0 bridgehead atoms. The van der Waals surface area contributed by atoms with Crippen LogP contribution in [-0.2, 0) is 18.8 Å². The van der Waals surface area contributed by atoms with Crippen molar-refractivity contribution in [2.45, 2.75) is 50.9 Å². The lowest BCUT2D eigenvalue weighted by Gasteiger charge is -2.32. The summed E-state index contributed by atoms with van der Waals surface area (Å²) in [4.78, 5) is 0. The van der Waals surface area contributed by atoms with Crippen molar-refractivity contribution in [1.29, 1.82) is 0 Å². The number of hydrogen-bond acceptors (Lipinski definition) is 4. The predicted octanol–water partition coefficient (Wildman–Crippen LogP) is 1.98. The van der Waals surface area contributed by atoms with Gasteiger partial charge >= 0.3 is 7.12 Å². The molecule has 2 heterocycles. The van der Waals surface area contributed by atoms with Crippen molar-refractivity contribution in [3.05, 3.63) is 12.1 Å². The molecule has 0 N–H and O–H groups in total. The molecule has 2 saturated heterocycles. The highest BCUT2D eigenvalue weighted by Crippen LogP contribution is 2.37. The van der Waals surface area contributed by atoms with E-state index in [-0.39, 0.29) is 23.9 Å². The first-order chi connectivity index (χ1) is 8.30. The average molecular weight is 254 g/mol. The summed E-state index contributed by atoms with van der Waals surface area (Å²) in [5, 5.41) is 0. The van der Waals surface area contributed by atoms with Crippen molar-refractivity contribution in [2.75, 3.05) is 20.3 Å². The van der Waals surface area contributed by atoms with Gasteiger partial charge in [-0.05, 0) is 27.7 Å². The quantitative estimate of drug-likeness (QED) is 0.721. The first-order valence-electron chi connectivity index (χ1n) is 6.48. The van der Waals surface area contributed by atoms with Crippen molar-refractivity contribution >= 4 is 7.12 Å². The highest BCUT2D eigenvalue weighted by Gasteiger charge is 2.50. The van der Waals surface area contributed by atoms with Crippen molar-refractivity contribution in [3.8, 4) is 0 Å². The second-order valence-electron chi connectivity index (χ2n) is 6.06. The van der Waals surface area contributed by atoms with Crippen LogP contribution in [0.2, 0.25) is 0 Å². The lowest BCUT2D eigenvalue weighted by atomic mass is 9.86. The van der Waals surface area contributed by atoms with E-state index in [0.717, 1.165) is 13.0 Å². The first kappa shape index (κ1) is 14.1. The standard InChI is InChI=1S/C13H23BO4/c1-11(2)12(3,4)18-14(17-11)8-6-13(15-5)7-9-16-10-13/h6,8H,7,9-10H2,1-5H3/b8-6+. The number of hydrogen-bond donors (Lipinski definition) is 0. The molecule has 102 valence electrons. The van der Waals surface area contributed by atoms with E-state index in [2.05, 4.69) is 0 Å². The van der Waals surface area contributed by atoms with E-state index in [0.29, 0.717) is 6.61 Å². The molecule has 0 radical (unpaired) electrons. The van der Waals surface area contributed by atoms with Gasteiger partial charge in [0.2, 0.25) is 0 Å². The van der Waals surface area contributed by atoms with Gasteiger partial charge in [0.25, 0.3) is 0 Å². The third-order valence-corrected chi connectivity index (χ3v) is 4.25. The highest BCUT2D eigenvalue weighted by atomic mass is 16.7. The molecule has 0 aromatic rings. The zero-order chi connectivity index (χ0) is 13.4. The summed E-state index contributed by atoms with van der Waals surface area (Å²) in [6.07, 6.45) is 2.89. The van der Waals surface area contributed by atoms with Gasteiger partial charge in [0.15, 0.2) is 0 Å². The molecule has 0 aromatic carbocycles. The third kappa shape index (κ3) is 2.50. The van der Waals surface area contributed by atoms with E-state index >= 15 is 0 Å². The van der Waals surface area contributed by atoms with Crippen molar-refractivity contribution in [1.82, 2.24) is 0 Å². The zero-order valence-electron chi connectivity index (χ0n) is 12.0. The Morgan fingerprint density at radius 1 is 1.11 bits per heavy atom. The van der Waals surface area contributed by atoms with Gasteiger partial charge in [-0.3, -0.25) is 0 Å². The van der Waals surface area contributed by atoms with Crippen LogP contribution in [-0.4, -0.2) is 44.2 Å². The highest BCUT2D eigenvalue weighted by molar-refractivity contribution is 6.51. The van der Waals surface area contributed by atoms with Crippen LogP contribution in [0.15, 0.2) is 12.1 Å². The van der Waals surface area contributed by atoms with Crippen LogP contribution >= 0.6 is 0 Å². The Labute approximate surface area is 110 Å². The molecule has 4 nitrogen and oxygen atoms in total. The van der Waals surface area contributed by atoms with Crippen LogP contribution in [0.4, 0.5) is 0 Å². The molecule has 0 spiro atoms. The maximum atomic E-state index is 5.91. The van der Waals surface area contributed by atoms with Crippen molar-refractivity contribution < 1.29 is 18.8 Å². The molecule has 2 rings (SSSR count). The van der Waals surface area contributed by atoms with Gasteiger partial charge in [-0.15, -0.1) is 0 Å². The van der Waals surface area contributed by atoms with Crippen LogP contribution in [0, 0.1) is 0 Å². The fourth-order valence-corrected chi connectivity index (χ4v) is 2.14. The van der Waals surface area contributed by atoms with Gasteiger partial charge in [0.1, 0.15) is 5.60 Å². The normalized spacial score (nSPS) is 34.6. The largest absolute Gasteiger partial charge is 0.486 e. The fraction of sp³-hybridized carbons (Fsp3) is 0.846. The Morgan fingerprint density at radius 3 is 2.17 bits per heavy atom. The van der Waals surface area contributed by atoms with E-state index in [1.54, 1.807) is 7.11 Å². The predicted molar refractivity (Wildman–Crippen MR) is 70.4 cm³/mol. The van der Waals surface area contributed by atoms with Crippen LogP contribution in [0.1, 0.15) is 34.1 Å². The molecular formula is C13H23BO4. The monoisotopic (exact) mass is 254 g/mol. The average Bonchev–Trinajstić information content (AvgIpc) is 2.81. The smallest absolute Gasteiger partial charge is 0.400 e. The Balaban J connectivity index is 2.03. The Bertz CT molecular complexity index is 316. The lowest BCUT2D eigenvalue weighted by molar-refractivity contribution is 0.00578. The van der Waals surface area contributed by atoms with E-state index in [1.807, 2.05) is 39.7 Å². The van der Waals surface area contributed by atoms with Crippen LogP contribution < -0.4 is 0 Å². The molecule has 5 heteroatoms. The second kappa shape index (κ2) is 4.64. The van der Waals surface area contributed by atoms with Gasteiger partial charge < -0.3 is 18.8 Å². The molecule has 0 amide bonds. The van der Waals surface area contributed by atoms with Gasteiger partial charge in [0, 0.05) is 20.1 Å². The summed E-state index contributed by atoms with van der Waals surface area (Å²) >= 11 is 0. The molecule has 18 heavy (non-hydrogen) atoms. The Morgan fingerprint density at radius 2 is 1.72 bits per heavy atom. The number of methoxy groups -OCH3 is 1. The maximum absolute atomic E-state index is 5.91. The summed E-state index contributed by atoms with van der Waals surface area (Å²) in [5.41, 5.74) is -0.910. The van der Waals surface area contributed by atoms with Crippen LogP contribution in [0.3, 0.4) is 0 Å². The van der Waals surface area contributed by atoms with Gasteiger partial charge in [-0.1, -0.05) is 12.1 Å². The third-order valence-electron chi connectivity index (χ3n) is 4.25. The topological polar surface area (TPSA) is 36.9 Å². The summed E-state index contributed by atoms with van der Waals surface area (Å²) in [6.45, 7) is 9.52. The minimum atomic E-state index is -0.317. The minimum absolute atomic E-state index is 0.297. The molecule has 1 atom stereocenters. The molecule has 2 fully saturated rings. The molecule has 1 unspecified atom stereocenters. The number of rotatable bonds is 3. The first-order valence-corrected chi connectivity index (χ1v) is 6.48. The summed E-state index contributed by atoms with van der Waals surface area (Å²) < 4.78 is 22.7. The minimum Gasteiger partial charge on any atom is -0.400 e. The zero-order valence-corrected chi connectivity index (χ0v) is 12.0. The van der Waals surface area contributed by atoms with E-state index in [4.69, 9.17) is 18.8 Å². The molecule has 2 aliphatic rings. The lowest BCUT2D eigenvalue weighted by Crippen LogP contribution is -2.41. The van der Waals surface area contributed by atoms with Gasteiger partial charge in [-0.25, -0.2) is 0 Å². The van der Waals surface area contributed by atoms with E-state index in [1.165, 1.54) is 0 Å². The van der Waals surface area contributed by atoms with Gasteiger partial charge in [-0.2, -0.15) is 0 Å². The Hall–Kier alpha value is -0.355. The summed E-state index contributed by atoms with van der Waals surface area (Å²) in [5.74, 6) is 1.94. The molecule has 0 aliphatic carbocycles. The van der Waals surface area contributed by atoms with Crippen molar-refractivity contribution in [3.63, 3.8) is 0 Å². The molecular weight excluding hydrogens is 231 g/mol. The summed E-state index contributed by atoms with van der Waals surface area (Å²) in [6, 6.07) is 0. The maximum Gasteiger partial charge on any atom is 0.486 e. The number of ether oxygens (including phenoxy) is 2. The van der Waals surface area contributed by atoms with Gasteiger partial charge in [0.05, 0.1) is 17.8 Å². The fourth-order valence-electron chi connectivity index (χ4n) is 2.14. The van der Waals surface area contributed by atoms with Crippen LogP contribution in [0.25, 0.3) is 0 Å². The van der Waals surface area contributed by atoms with Crippen LogP contribution in [0.5, 0.6) is 0 Å². The molecule has 2 aliphatic heterocycles. The van der Waals surface area contributed by atoms with Crippen molar-refractivity contribution in [2.24, 2.45) is 0 Å². The molecule has 0 saturated carbocycles. The van der Waals surface area contributed by atoms with E-state index < -0.39 is 0 Å². The second-order valence-corrected chi connectivity index (χ2v) is 6.06. The Kier molecular flexibility index (Phi) is 3.62. The summed E-state index contributed by atoms with van der Waals surface area (Å²) in [7, 11) is 1.39. The van der Waals surface area contributed by atoms with E-state index in [9.17, 15) is 0 Å². The SMILES string of the molecule is COC1(/C=C/B2OC(C)(C)C(C)(C)O2)CCOC1. The molecule has 0 aromatic heterocycles.